The minimum Gasteiger partial charge on any atom is -0.378 e. The zero-order valence-corrected chi connectivity index (χ0v) is 12.6. The second-order valence-electron chi connectivity index (χ2n) is 5.89. The van der Waals surface area contributed by atoms with Gasteiger partial charge in [0.25, 0.3) is 0 Å². The number of anilines is 1. The molecule has 0 atom stereocenters. The molecule has 0 saturated carbocycles. The molecule has 21 heavy (non-hydrogen) atoms. The number of amides is 1. The normalized spacial score (nSPS) is 20.6. The van der Waals surface area contributed by atoms with Crippen LogP contribution in [0.25, 0.3) is 0 Å². The van der Waals surface area contributed by atoms with E-state index in [1.54, 1.807) is 0 Å². The number of pyridine rings is 1. The van der Waals surface area contributed by atoms with Gasteiger partial charge in [0.2, 0.25) is 5.91 Å². The quantitative estimate of drug-likeness (QED) is 0.827. The average Bonchev–Trinajstić information content (AvgIpc) is 2.55. The highest BCUT2D eigenvalue weighted by Crippen LogP contribution is 2.24. The van der Waals surface area contributed by atoms with E-state index in [1.165, 1.54) is 5.56 Å². The van der Waals surface area contributed by atoms with Crippen LogP contribution in [0, 0.1) is 12.8 Å². The Bertz CT molecular complexity index is 492. The van der Waals surface area contributed by atoms with Crippen LogP contribution in [0.1, 0.15) is 18.4 Å². The molecule has 3 heterocycles. The highest BCUT2D eigenvalue weighted by atomic mass is 16.5. The van der Waals surface area contributed by atoms with Gasteiger partial charge >= 0.3 is 0 Å². The molecule has 5 heteroatoms. The van der Waals surface area contributed by atoms with Crippen LogP contribution in [0.4, 0.5) is 5.82 Å². The Labute approximate surface area is 125 Å². The van der Waals surface area contributed by atoms with Crippen molar-refractivity contribution in [2.24, 2.45) is 5.92 Å². The van der Waals surface area contributed by atoms with Gasteiger partial charge in [0.15, 0.2) is 0 Å². The second kappa shape index (κ2) is 6.43. The highest BCUT2D eigenvalue weighted by molar-refractivity contribution is 5.79. The first kappa shape index (κ1) is 14.3. The first-order valence-electron chi connectivity index (χ1n) is 7.78. The maximum atomic E-state index is 12.5. The van der Waals surface area contributed by atoms with Gasteiger partial charge in [-0.25, -0.2) is 4.98 Å². The molecule has 2 saturated heterocycles. The Morgan fingerprint density at radius 1 is 1.24 bits per heavy atom. The van der Waals surface area contributed by atoms with Gasteiger partial charge in [-0.2, -0.15) is 0 Å². The number of ether oxygens (including phenoxy) is 1. The van der Waals surface area contributed by atoms with Gasteiger partial charge in [0.1, 0.15) is 5.82 Å². The van der Waals surface area contributed by atoms with Gasteiger partial charge in [-0.1, -0.05) is 0 Å². The summed E-state index contributed by atoms with van der Waals surface area (Å²) in [5, 5.41) is 0. The van der Waals surface area contributed by atoms with Crippen molar-refractivity contribution in [3.63, 3.8) is 0 Å². The fourth-order valence-electron chi connectivity index (χ4n) is 3.09. The highest BCUT2D eigenvalue weighted by Gasteiger charge is 2.29. The second-order valence-corrected chi connectivity index (χ2v) is 5.89. The lowest BCUT2D eigenvalue weighted by molar-refractivity contribution is -0.140. The molecule has 1 amide bonds. The molecule has 0 spiro atoms. The van der Waals surface area contributed by atoms with Crippen LogP contribution < -0.4 is 4.90 Å². The maximum absolute atomic E-state index is 12.5. The molecule has 2 aliphatic heterocycles. The first-order valence-corrected chi connectivity index (χ1v) is 7.78. The molecule has 0 unspecified atom stereocenters. The monoisotopic (exact) mass is 289 g/mol. The zero-order valence-electron chi connectivity index (χ0n) is 12.6. The standard InChI is InChI=1S/C16H23N3O2/c1-13-2-5-17-15(12-13)18-6-3-14(4-7-18)16(20)19-8-10-21-11-9-19/h2,5,12,14H,3-4,6-11H2,1H3. The van der Waals surface area contributed by atoms with E-state index in [4.69, 9.17) is 4.74 Å². The van der Waals surface area contributed by atoms with E-state index in [0.29, 0.717) is 19.1 Å². The molecule has 3 rings (SSSR count). The molecule has 0 radical (unpaired) electrons. The van der Waals surface area contributed by atoms with Crippen LogP contribution in [-0.4, -0.2) is 55.2 Å². The van der Waals surface area contributed by atoms with Gasteiger partial charge < -0.3 is 14.5 Å². The van der Waals surface area contributed by atoms with E-state index in [9.17, 15) is 4.79 Å². The van der Waals surface area contributed by atoms with Crippen molar-refractivity contribution in [3.8, 4) is 0 Å². The molecule has 0 aromatic carbocycles. The van der Waals surface area contributed by atoms with Gasteiger partial charge in [-0.05, 0) is 37.5 Å². The molecule has 1 aromatic heterocycles. The number of carbonyl (C=O) groups excluding carboxylic acids is 1. The number of hydrogen-bond acceptors (Lipinski definition) is 4. The Morgan fingerprint density at radius 3 is 2.62 bits per heavy atom. The average molecular weight is 289 g/mol. The molecular formula is C16H23N3O2. The minimum absolute atomic E-state index is 0.171. The third-order valence-electron chi connectivity index (χ3n) is 4.39. The van der Waals surface area contributed by atoms with Gasteiger partial charge in [-0.15, -0.1) is 0 Å². The maximum Gasteiger partial charge on any atom is 0.225 e. The molecule has 5 nitrogen and oxygen atoms in total. The minimum atomic E-state index is 0.171. The van der Waals surface area contributed by atoms with E-state index >= 15 is 0 Å². The molecule has 0 bridgehead atoms. The Morgan fingerprint density at radius 2 is 1.95 bits per heavy atom. The van der Waals surface area contributed by atoms with Crippen LogP contribution in [-0.2, 0) is 9.53 Å². The largest absolute Gasteiger partial charge is 0.378 e. The summed E-state index contributed by atoms with van der Waals surface area (Å²) in [5.41, 5.74) is 1.23. The van der Waals surface area contributed by atoms with Crippen LogP contribution in [0.3, 0.4) is 0 Å². The molecule has 1 aromatic rings. The van der Waals surface area contributed by atoms with Crippen molar-refractivity contribution in [1.82, 2.24) is 9.88 Å². The molecule has 2 aliphatic rings. The third kappa shape index (κ3) is 3.35. The van der Waals surface area contributed by atoms with E-state index in [0.717, 1.165) is 44.8 Å². The fourth-order valence-corrected chi connectivity index (χ4v) is 3.09. The van der Waals surface area contributed by atoms with Crippen LogP contribution in [0.5, 0.6) is 0 Å². The molecule has 2 fully saturated rings. The Hall–Kier alpha value is -1.62. The summed E-state index contributed by atoms with van der Waals surface area (Å²) in [6.45, 7) is 6.76. The van der Waals surface area contributed by atoms with Crippen molar-refractivity contribution in [2.75, 3.05) is 44.3 Å². The van der Waals surface area contributed by atoms with Crippen LogP contribution in [0.2, 0.25) is 0 Å². The number of carbonyl (C=O) groups is 1. The first-order chi connectivity index (χ1) is 10.2. The van der Waals surface area contributed by atoms with Crippen molar-refractivity contribution in [1.29, 1.82) is 0 Å². The summed E-state index contributed by atoms with van der Waals surface area (Å²) >= 11 is 0. The molecule has 0 N–H and O–H groups in total. The number of aromatic nitrogens is 1. The van der Waals surface area contributed by atoms with E-state index in [-0.39, 0.29) is 5.92 Å². The number of hydrogen-bond donors (Lipinski definition) is 0. The number of rotatable bonds is 2. The van der Waals surface area contributed by atoms with E-state index in [1.807, 2.05) is 17.2 Å². The number of nitrogens with zero attached hydrogens (tertiary/aromatic N) is 3. The molecule has 0 aliphatic carbocycles. The third-order valence-corrected chi connectivity index (χ3v) is 4.39. The van der Waals surface area contributed by atoms with Gasteiger partial charge in [0, 0.05) is 38.3 Å². The predicted octanol–water partition coefficient (Wildman–Crippen LogP) is 1.47. The lowest BCUT2D eigenvalue weighted by Gasteiger charge is -2.36. The number of morpholine rings is 1. The summed E-state index contributed by atoms with van der Waals surface area (Å²) in [7, 11) is 0. The lowest BCUT2D eigenvalue weighted by atomic mass is 9.95. The van der Waals surface area contributed by atoms with Crippen molar-refractivity contribution >= 4 is 11.7 Å². The summed E-state index contributed by atoms with van der Waals surface area (Å²) in [5.74, 6) is 1.52. The fraction of sp³-hybridized carbons (Fsp3) is 0.625. The summed E-state index contributed by atoms with van der Waals surface area (Å²) in [4.78, 5) is 21.2. The smallest absolute Gasteiger partial charge is 0.225 e. The zero-order chi connectivity index (χ0) is 14.7. The van der Waals surface area contributed by atoms with Gasteiger partial charge in [-0.3, -0.25) is 4.79 Å². The Kier molecular flexibility index (Phi) is 4.39. The predicted molar refractivity (Wildman–Crippen MR) is 81.3 cm³/mol. The van der Waals surface area contributed by atoms with Crippen LogP contribution in [0.15, 0.2) is 18.3 Å². The Balaban J connectivity index is 1.56. The summed E-state index contributed by atoms with van der Waals surface area (Å²) in [6.07, 6.45) is 3.70. The van der Waals surface area contributed by atoms with E-state index in [2.05, 4.69) is 22.9 Å². The number of piperidine rings is 1. The lowest BCUT2D eigenvalue weighted by Crippen LogP contribution is -2.46. The topological polar surface area (TPSA) is 45.7 Å². The SMILES string of the molecule is Cc1ccnc(N2CCC(C(=O)N3CCOCC3)CC2)c1. The summed E-state index contributed by atoms with van der Waals surface area (Å²) < 4.78 is 5.31. The van der Waals surface area contributed by atoms with E-state index < -0.39 is 0 Å². The van der Waals surface area contributed by atoms with Crippen molar-refractivity contribution in [3.05, 3.63) is 23.9 Å². The molecular weight excluding hydrogens is 266 g/mol. The molecule has 114 valence electrons. The number of aryl methyl sites for hydroxylation is 1. The summed E-state index contributed by atoms with van der Waals surface area (Å²) in [6, 6.07) is 4.13. The van der Waals surface area contributed by atoms with Crippen molar-refractivity contribution in [2.45, 2.75) is 19.8 Å². The van der Waals surface area contributed by atoms with Crippen LogP contribution >= 0.6 is 0 Å². The van der Waals surface area contributed by atoms with Gasteiger partial charge in [0.05, 0.1) is 13.2 Å². The van der Waals surface area contributed by atoms with Crippen molar-refractivity contribution < 1.29 is 9.53 Å².